The van der Waals surface area contributed by atoms with Crippen LogP contribution < -0.4 is 0 Å². The molecule has 20 heavy (non-hydrogen) atoms. The van der Waals surface area contributed by atoms with Gasteiger partial charge < -0.3 is 9.47 Å². The summed E-state index contributed by atoms with van der Waals surface area (Å²) in [6.07, 6.45) is 7.65. The molecule has 1 heterocycles. The van der Waals surface area contributed by atoms with Crippen LogP contribution in [0.5, 0.6) is 0 Å². The van der Waals surface area contributed by atoms with Crippen LogP contribution in [0.3, 0.4) is 0 Å². The third-order valence-corrected chi connectivity index (χ3v) is 4.89. The summed E-state index contributed by atoms with van der Waals surface area (Å²) in [5.41, 5.74) is 0.00453. The second-order valence-corrected chi connectivity index (χ2v) is 6.80. The Hall–Kier alpha value is -0.410. The molecule has 2 unspecified atom stereocenters. The standard InChI is InChI=1S/C17H30O3/c1-4-19-16(13(2)3)15(18)14-8-11-20-17(12-14)9-6-5-7-10-17/h13-14,16H,4-12H2,1-3H3. The minimum atomic E-state index is -0.233. The Bertz CT molecular complexity index is 313. The van der Waals surface area contributed by atoms with Crippen molar-refractivity contribution in [2.75, 3.05) is 13.2 Å². The number of carbonyl (C=O) groups excluding carboxylic acids is 1. The Morgan fingerprint density at radius 2 is 2.00 bits per heavy atom. The van der Waals surface area contributed by atoms with Crippen LogP contribution in [0.15, 0.2) is 0 Å². The Kier molecular flexibility index (Phi) is 5.62. The van der Waals surface area contributed by atoms with Crippen molar-refractivity contribution in [2.45, 2.75) is 77.4 Å². The summed E-state index contributed by atoms with van der Waals surface area (Å²) in [6, 6.07) is 0. The second-order valence-electron chi connectivity index (χ2n) is 6.80. The molecule has 0 N–H and O–H groups in total. The number of ketones is 1. The van der Waals surface area contributed by atoms with Crippen LogP contribution >= 0.6 is 0 Å². The molecular formula is C17H30O3. The molecule has 1 saturated carbocycles. The first-order valence-electron chi connectivity index (χ1n) is 8.37. The fourth-order valence-electron chi connectivity index (χ4n) is 3.83. The zero-order chi connectivity index (χ0) is 14.6. The molecule has 3 nitrogen and oxygen atoms in total. The molecular weight excluding hydrogens is 252 g/mol. The monoisotopic (exact) mass is 282 g/mol. The zero-order valence-corrected chi connectivity index (χ0v) is 13.3. The number of Topliss-reactive ketones (excluding diaryl/α,β-unsaturated/α-hetero) is 1. The average Bonchev–Trinajstić information content (AvgIpc) is 2.44. The summed E-state index contributed by atoms with van der Waals surface area (Å²) in [5.74, 6) is 0.712. The van der Waals surface area contributed by atoms with Gasteiger partial charge in [0.15, 0.2) is 5.78 Å². The molecule has 1 aliphatic heterocycles. The lowest BCUT2D eigenvalue weighted by Gasteiger charge is -2.43. The van der Waals surface area contributed by atoms with Crippen molar-refractivity contribution < 1.29 is 14.3 Å². The Balaban J connectivity index is 2.01. The maximum Gasteiger partial charge on any atom is 0.165 e. The van der Waals surface area contributed by atoms with Crippen molar-refractivity contribution in [2.24, 2.45) is 11.8 Å². The molecule has 0 aromatic rings. The van der Waals surface area contributed by atoms with Gasteiger partial charge in [0.1, 0.15) is 6.10 Å². The maximum absolute atomic E-state index is 12.8. The van der Waals surface area contributed by atoms with E-state index in [-0.39, 0.29) is 23.5 Å². The lowest BCUT2D eigenvalue weighted by molar-refractivity contribution is -0.154. The molecule has 1 saturated heterocycles. The van der Waals surface area contributed by atoms with Crippen LogP contribution in [0.4, 0.5) is 0 Å². The number of rotatable bonds is 5. The largest absolute Gasteiger partial charge is 0.375 e. The first-order chi connectivity index (χ1) is 9.58. The second kappa shape index (κ2) is 7.04. The van der Waals surface area contributed by atoms with Gasteiger partial charge in [-0.15, -0.1) is 0 Å². The van der Waals surface area contributed by atoms with Crippen LogP contribution in [-0.2, 0) is 14.3 Å². The highest BCUT2D eigenvalue weighted by Gasteiger charge is 2.42. The summed E-state index contributed by atoms with van der Waals surface area (Å²) >= 11 is 0. The van der Waals surface area contributed by atoms with Gasteiger partial charge in [0.05, 0.1) is 5.60 Å². The van der Waals surface area contributed by atoms with E-state index >= 15 is 0 Å². The molecule has 0 aromatic heterocycles. The number of carbonyl (C=O) groups is 1. The predicted molar refractivity (Wildman–Crippen MR) is 79.8 cm³/mol. The molecule has 116 valence electrons. The van der Waals surface area contributed by atoms with Gasteiger partial charge in [0, 0.05) is 19.1 Å². The highest BCUT2D eigenvalue weighted by atomic mass is 16.5. The van der Waals surface area contributed by atoms with Gasteiger partial charge in [0.2, 0.25) is 0 Å². The van der Waals surface area contributed by atoms with Gasteiger partial charge in [0.25, 0.3) is 0 Å². The van der Waals surface area contributed by atoms with Gasteiger partial charge in [-0.05, 0) is 38.5 Å². The van der Waals surface area contributed by atoms with E-state index in [2.05, 4.69) is 13.8 Å². The molecule has 2 rings (SSSR count). The quantitative estimate of drug-likeness (QED) is 0.770. The molecule has 0 amide bonds. The van der Waals surface area contributed by atoms with E-state index in [1.807, 2.05) is 6.92 Å². The zero-order valence-electron chi connectivity index (χ0n) is 13.3. The third kappa shape index (κ3) is 3.62. The fourth-order valence-corrected chi connectivity index (χ4v) is 3.83. The molecule has 1 spiro atoms. The molecule has 3 heteroatoms. The molecule has 0 aromatic carbocycles. The van der Waals surface area contributed by atoms with Crippen LogP contribution in [0.25, 0.3) is 0 Å². The van der Waals surface area contributed by atoms with Crippen LogP contribution in [0.1, 0.15) is 65.7 Å². The summed E-state index contributed by atoms with van der Waals surface area (Å²) in [7, 11) is 0. The van der Waals surface area contributed by atoms with Crippen LogP contribution in [-0.4, -0.2) is 30.7 Å². The number of hydrogen-bond acceptors (Lipinski definition) is 3. The van der Waals surface area contributed by atoms with Gasteiger partial charge in [-0.2, -0.15) is 0 Å². The molecule has 2 fully saturated rings. The van der Waals surface area contributed by atoms with E-state index in [4.69, 9.17) is 9.47 Å². The summed E-state index contributed by atoms with van der Waals surface area (Å²) in [6.45, 7) is 7.48. The van der Waals surface area contributed by atoms with Crippen molar-refractivity contribution in [3.05, 3.63) is 0 Å². The molecule has 0 radical (unpaired) electrons. The maximum atomic E-state index is 12.8. The van der Waals surface area contributed by atoms with E-state index in [0.717, 1.165) is 32.3 Å². The normalized spacial score (nSPS) is 27.7. The van der Waals surface area contributed by atoms with E-state index < -0.39 is 0 Å². The minimum absolute atomic E-state index is 0.00453. The smallest absolute Gasteiger partial charge is 0.165 e. The minimum Gasteiger partial charge on any atom is -0.375 e. The van der Waals surface area contributed by atoms with Crippen LogP contribution in [0, 0.1) is 11.8 Å². The third-order valence-electron chi connectivity index (χ3n) is 4.89. The molecule has 1 aliphatic carbocycles. The van der Waals surface area contributed by atoms with Crippen molar-refractivity contribution in [1.82, 2.24) is 0 Å². The fraction of sp³-hybridized carbons (Fsp3) is 0.941. The first kappa shape index (κ1) is 16.0. The van der Waals surface area contributed by atoms with E-state index in [1.165, 1.54) is 19.3 Å². The summed E-state index contributed by atoms with van der Waals surface area (Å²) < 4.78 is 11.8. The Morgan fingerprint density at radius 3 is 2.60 bits per heavy atom. The number of hydrogen-bond donors (Lipinski definition) is 0. The lowest BCUT2D eigenvalue weighted by Crippen LogP contribution is -2.46. The lowest BCUT2D eigenvalue weighted by atomic mass is 9.74. The summed E-state index contributed by atoms with van der Waals surface area (Å²) in [4.78, 5) is 12.8. The van der Waals surface area contributed by atoms with Gasteiger partial charge >= 0.3 is 0 Å². The number of ether oxygens (including phenoxy) is 2. The van der Waals surface area contributed by atoms with Crippen molar-refractivity contribution in [3.8, 4) is 0 Å². The SMILES string of the molecule is CCOC(C(=O)C1CCOC2(CCCCC2)C1)C(C)C. The molecule has 0 bridgehead atoms. The predicted octanol–water partition coefficient (Wildman–Crippen LogP) is 3.75. The van der Waals surface area contributed by atoms with Crippen LogP contribution in [0.2, 0.25) is 0 Å². The van der Waals surface area contributed by atoms with Gasteiger partial charge in [-0.25, -0.2) is 0 Å². The van der Waals surface area contributed by atoms with E-state index in [0.29, 0.717) is 12.4 Å². The topological polar surface area (TPSA) is 35.5 Å². The summed E-state index contributed by atoms with van der Waals surface area (Å²) in [5, 5.41) is 0. The Morgan fingerprint density at radius 1 is 1.30 bits per heavy atom. The van der Waals surface area contributed by atoms with Gasteiger partial charge in [-0.3, -0.25) is 4.79 Å². The van der Waals surface area contributed by atoms with Crippen molar-refractivity contribution >= 4 is 5.78 Å². The Labute approximate surface area is 123 Å². The van der Waals surface area contributed by atoms with E-state index in [1.54, 1.807) is 0 Å². The molecule has 2 aliphatic rings. The molecule has 2 atom stereocenters. The van der Waals surface area contributed by atoms with Crippen molar-refractivity contribution in [3.63, 3.8) is 0 Å². The highest BCUT2D eigenvalue weighted by molar-refractivity contribution is 5.85. The van der Waals surface area contributed by atoms with Gasteiger partial charge in [-0.1, -0.05) is 33.1 Å². The average molecular weight is 282 g/mol. The highest BCUT2D eigenvalue weighted by Crippen LogP contribution is 2.41. The van der Waals surface area contributed by atoms with E-state index in [9.17, 15) is 4.79 Å². The van der Waals surface area contributed by atoms with Crippen molar-refractivity contribution in [1.29, 1.82) is 0 Å². The first-order valence-corrected chi connectivity index (χ1v) is 8.37.